The van der Waals surface area contributed by atoms with Gasteiger partial charge in [-0.2, -0.15) is 0 Å². The maximum atomic E-state index is 11.4. The highest BCUT2D eigenvalue weighted by molar-refractivity contribution is 9.10. The summed E-state index contributed by atoms with van der Waals surface area (Å²) in [5.41, 5.74) is 4.02. The van der Waals surface area contributed by atoms with E-state index in [1.54, 1.807) is 17.9 Å². The van der Waals surface area contributed by atoms with Crippen LogP contribution in [0.25, 0.3) is 17.0 Å². The molecule has 0 aliphatic heterocycles. The van der Waals surface area contributed by atoms with E-state index in [0.29, 0.717) is 12.5 Å². The maximum Gasteiger partial charge on any atom is 0.148 e. The second-order valence-electron chi connectivity index (χ2n) is 6.46. The monoisotopic (exact) mass is 432 g/mol. The second-order valence-corrected chi connectivity index (χ2v) is 8.58. The van der Waals surface area contributed by atoms with Gasteiger partial charge in [-0.05, 0) is 63.3 Å². The van der Waals surface area contributed by atoms with Gasteiger partial charge in [-0.3, -0.25) is 4.21 Å². The molecule has 0 amide bonds. The van der Waals surface area contributed by atoms with Crippen LogP contribution in [-0.4, -0.2) is 10.5 Å². The summed E-state index contributed by atoms with van der Waals surface area (Å²) in [6.07, 6.45) is 5.18. The van der Waals surface area contributed by atoms with Gasteiger partial charge in [0.2, 0.25) is 0 Å². The highest BCUT2D eigenvalue weighted by Gasteiger charge is 2.09. The van der Waals surface area contributed by atoms with Gasteiger partial charge in [-0.15, -0.1) is 0 Å². The van der Waals surface area contributed by atoms with E-state index in [0.717, 1.165) is 32.3 Å². The number of fused-ring (bicyclic) bond motifs is 1. The fourth-order valence-corrected chi connectivity index (χ4v) is 3.64. The molecule has 3 rings (SSSR count). The third kappa shape index (κ3) is 4.46. The summed E-state index contributed by atoms with van der Waals surface area (Å²) in [5, 5.41) is 2.71. The number of rotatable bonds is 6. The number of furan rings is 1. The SMILES string of the molecule is CC(C)c1ccc(C=CS(C)=O)c(OCc2cc(Br)c3occc3c2)c1. The molecular weight excluding hydrogens is 412 g/mol. The average Bonchev–Trinajstić information content (AvgIpc) is 3.07. The van der Waals surface area contributed by atoms with Crippen molar-refractivity contribution in [2.45, 2.75) is 26.4 Å². The van der Waals surface area contributed by atoms with E-state index in [1.165, 1.54) is 5.56 Å². The lowest BCUT2D eigenvalue weighted by atomic mass is 10.0. The van der Waals surface area contributed by atoms with Crippen molar-refractivity contribution in [1.82, 2.24) is 0 Å². The van der Waals surface area contributed by atoms with Gasteiger partial charge in [0.15, 0.2) is 0 Å². The molecule has 1 aromatic heterocycles. The topological polar surface area (TPSA) is 39.4 Å². The number of hydrogen-bond donors (Lipinski definition) is 0. The van der Waals surface area contributed by atoms with Gasteiger partial charge in [0.25, 0.3) is 0 Å². The molecule has 0 radical (unpaired) electrons. The van der Waals surface area contributed by atoms with Crippen LogP contribution in [-0.2, 0) is 17.4 Å². The Labute approximate surface area is 164 Å². The smallest absolute Gasteiger partial charge is 0.148 e. The fourth-order valence-electron chi connectivity index (χ4n) is 2.68. The number of hydrogen-bond acceptors (Lipinski definition) is 3. The van der Waals surface area contributed by atoms with Crippen molar-refractivity contribution in [3.05, 3.63) is 69.2 Å². The summed E-state index contributed by atoms with van der Waals surface area (Å²) in [6.45, 7) is 4.75. The highest BCUT2D eigenvalue weighted by atomic mass is 79.9. The number of ether oxygens (including phenoxy) is 1. The van der Waals surface area contributed by atoms with Crippen LogP contribution in [0.3, 0.4) is 0 Å². The van der Waals surface area contributed by atoms with Gasteiger partial charge in [-0.25, -0.2) is 0 Å². The highest BCUT2D eigenvalue weighted by Crippen LogP contribution is 2.29. The van der Waals surface area contributed by atoms with Crippen molar-refractivity contribution < 1.29 is 13.4 Å². The Balaban J connectivity index is 1.88. The normalized spacial score (nSPS) is 13.0. The molecule has 26 heavy (non-hydrogen) atoms. The largest absolute Gasteiger partial charge is 0.488 e. The molecular formula is C21H21BrO3S. The van der Waals surface area contributed by atoms with Crippen LogP contribution >= 0.6 is 15.9 Å². The summed E-state index contributed by atoms with van der Waals surface area (Å²) < 4.78 is 23.9. The third-order valence-electron chi connectivity index (χ3n) is 4.10. The minimum absolute atomic E-state index is 0.409. The molecule has 1 atom stereocenters. The quantitative estimate of drug-likeness (QED) is 0.462. The first-order chi connectivity index (χ1) is 12.4. The number of halogens is 1. The van der Waals surface area contributed by atoms with Gasteiger partial charge in [0.05, 0.1) is 10.7 Å². The van der Waals surface area contributed by atoms with Crippen molar-refractivity contribution >= 4 is 43.8 Å². The molecule has 0 bridgehead atoms. The van der Waals surface area contributed by atoms with Crippen molar-refractivity contribution in [1.29, 1.82) is 0 Å². The Morgan fingerprint density at radius 3 is 2.77 bits per heavy atom. The minimum Gasteiger partial charge on any atom is -0.488 e. The molecule has 1 unspecified atom stereocenters. The lowest BCUT2D eigenvalue weighted by Crippen LogP contribution is -1.99. The third-order valence-corrected chi connectivity index (χ3v) is 5.21. The van der Waals surface area contributed by atoms with Gasteiger partial charge < -0.3 is 9.15 Å². The summed E-state index contributed by atoms with van der Waals surface area (Å²) >= 11 is 3.54. The zero-order valence-corrected chi connectivity index (χ0v) is 17.4. The predicted molar refractivity (Wildman–Crippen MR) is 112 cm³/mol. The average molecular weight is 433 g/mol. The van der Waals surface area contributed by atoms with E-state index in [1.807, 2.05) is 24.3 Å². The molecule has 1 heterocycles. The van der Waals surface area contributed by atoms with E-state index in [9.17, 15) is 4.21 Å². The first-order valence-corrected chi connectivity index (χ1v) is 10.8. The van der Waals surface area contributed by atoms with Crippen molar-refractivity contribution in [3.63, 3.8) is 0 Å². The van der Waals surface area contributed by atoms with Crippen LogP contribution in [0.1, 0.15) is 36.5 Å². The van der Waals surface area contributed by atoms with Gasteiger partial charge in [0.1, 0.15) is 17.9 Å². The lowest BCUT2D eigenvalue weighted by Gasteiger charge is -2.13. The lowest BCUT2D eigenvalue weighted by molar-refractivity contribution is 0.305. The molecule has 0 saturated carbocycles. The van der Waals surface area contributed by atoms with Crippen LogP contribution in [0.4, 0.5) is 0 Å². The molecule has 0 spiro atoms. The predicted octanol–water partition coefficient (Wildman–Crippen LogP) is 6.25. The Bertz CT molecular complexity index is 973. The Hall–Kier alpha value is -1.85. The molecule has 3 aromatic rings. The van der Waals surface area contributed by atoms with E-state index in [-0.39, 0.29) is 0 Å². The van der Waals surface area contributed by atoms with Gasteiger partial charge in [0, 0.05) is 33.4 Å². The summed E-state index contributed by atoms with van der Waals surface area (Å²) in [7, 11) is -0.995. The zero-order valence-electron chi connectivity index (χ0n) is 15.0. The Kier molecular flexibility index (Phi) is 5.99. The zero-order chi connectivity index (χ0) is 18.7. The summed E-state index contributed by atoms with van der Waals surface area (Å²) in [6, 6.07) is 12.2. The molecule has 136 valence electrons. The minimum atomic E-state index is -0.995. The summed E-state index contributed by atoms with van der Waals surface area (Å²) in [4.78, 5) is 0. The fraction of sp³-hybridized carbons (Fsp3) is 0.238. The molecule has 5 heteroatoms. The van der Waals surface area contributed by atoms with Crippen LogP contribution in [0.5, 0.6) is 5.75 Å². The first-order valence-electron chi connectivity index (χ1n) is 8.37. The molecule has 0 saturated heterocycles. The van der Waals surface area contributed by atoms with Crippen LogP contribution in [0.15, 0.2) is 57.0 Å². The van der Waals surface area contributed by atoms with E-state index < -0.39 is 10.8 Å². The first kappa shape index (κ1) is 18.9. The standard InChI is InChI=1S/C21H21BrO3S/c1-14(2)17-5-4-16(7-9-26(3)23)20(12-17)25-13-15-10-18-6-8-24-21(18)19(22)11-15/h4-12,14H,13H2,1-3H3. The summed E-state index contributed by atoms with van der Waals surface area (Å²) in [5.74, 6) is 1.20. The van der Waals surface area contributed by atoms with Crippen molar-refractivity contribution in [3.8, 4) is 5.75 Å². The molecule has 0 N–H and O–H groups in total. The van der Waals surface area contributed by atoms with Crippen LogP contribution in [0, 0.1) is 0 Å². The molecule has 0 fully saturated rings. The molecule has 3 nitrogen and oxygen atoms in total. The van der Waals surface area contributed by atoms with Crippen molar-refractivity contribution in [2.75, 3.05) is 6.26 Å². The van der Waals surface area contributed by atoms with Gasteiger partial charge in [-0.1, -0.05) is 26.0 Å². The number of benzene rings is 2. The van der Waals surface area contributed by atoms with Crippen LogP contribution in [0.2, 0.25) is 0 Å². The Morgan fingerprint density at radius 1 is 1.23 bits per heavy atom. The Morgan fingerprint density at radius 2 is 2.04 bits per heavy atom. The van der Waals surface area contributed by atoms with Gasteiger partial charge >= 0.3 is 0 Å². The van der Waals surface area contributed by atoms with E-state index in [2.05, 4.69) is 48.0 Å². The second kappa shape index (κ2) is 8.23. The van der Waals surface area contributed by atoms with E-state index >= 15 is 0 Å². The van der Waals surface area contributed by atoms with Crippen molar-refractivity contribution in [2.24, 2.45) is 0 Å². The molecule has 0 aliphatic carbocycles. The van der Waals surface area contributed by atoms with Crippen LogP contribution < -0.4 is 4.74 Å². The van der Waals surface area contributed by atoms with E-state index in [4.69, 9.17) is 9.15 Å². The maximum absolute atomic E-state index is 11.4. The molecule has 2 aromatic carbocycles. The molecule has 0 aliphatic rings.